The lowest BCUT2D eigenvalue weighted by molar-refractivity contribution is 0.475. The molecule has 2 aromatic carbocycles. The van der Waals surface area contributed by atoms with Gasteiger partial charge < -0.3 is 10.5 Å². The summed E-state index contributed by atoms with van der Waals surface area (Å²) in [5, 5.41) is 8.88. The first kappa shape index (κ1) is 11.0. The second-order valence-corrected chi connectivity index (χ2v) is 3.43. The molecule has 0 aliphatic carbocycles. The average Bonchev–Trinajstić information content (AvgIpc) is 2.28. The van der Waals surface area contributed by atoms with Gasteiger partial charge >= 0.3 is 0 Å². The van der Waals surface area contributed by atoms with Crippen molar-refractivity contribution in [3.63, 3.8) is 0 Å². The fourth-order valence-corrected chi connectivity index (χ4v) is 1.42. The summed E-state index contributed by atoms with van der Waals surface area (Å²) in [5.74, 6) is 0.166. The van der Waals surface area contributed by atoms with E-state index in [0.717, 1.165) is 0 Å². The lowest BCUT2D eigenvalue weighted by atomic mass is 10.2. The quantitative estimate of drug-likeness (QED) is 0.803. The van der Waals surface area contributed by atoms with Gasteiger partial charge in [-0.25, -0.2) is 4.39 Å². The summed E-state index contributed by atoms with van der Waals surface area (Å²) in [6.07, 6.45) is 0. The first-order valence-electron chi connectivity index (χ1n) is 4.92. The van der Waals surface area contributed by atoms with Crippen molar-refractivity contribution in [2.75, 3.05) is 5.73 Å². The van der Waals surface area contributed by atoms with Crippen LogP contribution in [0, 0.1) is 17.1 Å². The van der Waals surface area contributed by atoms with Crippen LogP contribution in [0.3, 0.4) is 0 Å². The van der Waals surface area contributed by atoms with Crippen LogP contribution in [0.15, 0.2) is 42.5 Å². The minimum Gasteiger partial charge on any atom is -0.456 e. The molecular formula is C13H9FN2O. The van der Waals surface area contributed by atoms with Crippen LogP contribution in [0.2, 0.25) is 0 Å². The van der Waals surface area contributed by atoms with Gasteiger partial charge in [0.2, 0.25) is 0 Å². The third-order valence-electron chi connectivity index (χ3n) is 2.13. The molecule has 0 radical (unpaired) electrons. The zero-order valence-corrected chi connectivity index (χ0v) is 8.85. The Labute approximate surface area is 97.9 Å². The Kier molecular flexibility index (Phi) is 2.93. The predicted octanol–water partition coefficient (Wildman–Crippen LogP) is 3.07. The number of nitrogens with zero attached hydrogens (tertiary/aromatic N) is 1. The first-order valence-corrected chi connectivity index (χ1v) is 4.92. The zero-order valence-electron chi connectivity index (χ0n) is 8.85. The van der Waals surface area contributed by atoms with Crippen LogP contribution in [0.25, 0.3) is 0 Å². The van der Waals surface area contributed by atoms with Crippen molar-refractivity contribution in [3.8, 4) is 17.6 Å². The highest BCUT2D eigenvalue weighted by Gasteiger charge is 2.05. The molecule has 4 heteroatoms. The Balaban J connectivity index is 2.35. The van der Waals surface area contributed by atoms with E-state index in [4.69, 9.17) is 15.7 Å². The normalized spacial score (nSPS) is 9.65. The topological polar surface area (TPSA) is 59.0 Å². The number of anilines is 1. The minimum atomic E-state index is -0.477. The van der Waals surface area contributed by atoms with E-state index >= 15 is 0 Å². The van der Waals surface area contributed by atoms with Crippen molar-refractivity contribution in [3.05, 3.63) is 53.8 Å². The number of nitrogens with two attached hydrogens (primary N) is 1. The summed E-state index contributed by atoms with van der Waals surface area (Å²) in [5.41, 5.74) is 6.16. The Morgan fingerprint density at radius 1 is 1.18 bits per heavy atom. The lowest BCUT2D eigenvalue weighted by Crippen LogP contribution is -1.91. The molecule has 0 bridgehead atoms. The van der Waals surface area contributed by atoms with Gasteiger partial charge in [-0.05, 0) is 18.2 Å². The fraction of sp³-hybridized carbons (Fsp3) is 0. The molecule has 2 aromatic rings. The van der Waals surface area contributed by atoms with Crippen LogP contribution in [-0.2, 0) is 0 Å². The van der Waals surface area contributed by atoms with Crippen LogP contribution in [0.4, 0.5) is 10.1 Å². The van der Waals surface area contributed by atoms with E-state index in [2.05, 4.69) is 0 Å². The van der Waals surface area contributed by atoms with Gasteiger partial charge in [-0.3, -0.25) is 0 Å². The van der Waals surface area contributed by atoms with Crippen molar-refractivity contribution in [2.24, 2.45) is 0 Å². The van der Waals surface area contributed by atoms with E-state index in [9.17, 15) is 4.39 Å². The van der Waals surface area contributed by atoms with E-state index < -0.39 is 5.82 Å². The van der Waals surface area contributed by atoms with Gasteiger partial charge in [-0.15, -0.1) is 0 Å². The molecule has 0 amide bonds. The number of benzene rings is 2. The van der Waals surface area contributed by atoms with E-state index in [0.29, 0.717) is 11.3 Å². The van der Waals surface area contributed by atoms with E-state index in [-0.39, 0.29) is 11.4 Å². The van der Waals surface area contributed by atoms with Crippen LogP contribution >= 0.6 is 0 Å². The Morgan fingerprint density at radius 3 is 2.65 bits per heavy atom. The molecule has 0 heterocycles. The summed E-state index contributed by atoms with van der Waals surface area (Å²) < 4.78 is 18.5. The first-order chi connectivity index (χ1) is 8.19. The van der Waals surface area contributed by atoms with Crippen LogP contribution in [-0.4, -0.2) is 0 Å². The summed E-state index contributed by atoms with van der Waals surface area (Å²) in [4.78, 5) is 0. The lowest BCUT2D eigenvalue weighted by Gasteiger charge is -2.07. The van der Waals surface area contributed by atoms with Crippen LogP contribution in [0.5, 0.6) is 11.5 Å². The van der Waals surface area contributed by atoms with Gasteiger partial charge in [-0.1, -0.05) is 12.1 Å². The molecule has 0 atom stereocenters. The van der Waals surface area contributed by atoms with Crippen molar-refractivity contribution in [1.29, 1.82) is 5.26 Å². The van der Waals surface area contributed by atoms with Crippen molar-refractivity contribution in [1.82, 2.24) is 0 Å². The van der Waals surface area contributed by atoms with Gasteiger partial charge in [-0.2, -0.15) is 5.26 Å². The molecule has 2 rings (SSSR count). The molecule has 3 nitrogen and oxygen atoms in total. The maximum Gasteiger partial charge on any atom is 0.145 e. The fourth-order valence-electron chi connectivity index (χ4n) is 1.42. The number of halogens is 1. The molecule has 17 heavy (non-hydrogen) atoms. The van der Waals surface area contributed by atoms with Crippen LogP contribution in [0.1, 0.15) is 5.56 Å². The molecule has 2 N–H and O–H groups in total. The zero-order chi connectivity index (χ0) is 12.3. The highest BCUT2D eigenvalue weighted by Crippen LogP contribution is 2.26. The van der Waals surface area contributed by atoms with E-state index in [1.807, 2.05) is 6.07 Å². The second-order valence-electron chi connectivity index (χ2n) is 3.43. The Morgan fingerprint density at radius 2 is 1.94 bits per heavy atom. The number of para-hydroxylation sites is 1. The molecule has 0 saturated heterocycles. The largest absolute Gasteiger partial charge is 0.456 e. The number of nitrogen functional groups attached to an aromatic ring is 1. The monoisotopic (exact) mass is 228 g/mol. The molecule has 0 aliphatic rings. The Bertz CT molecular complexity index is 570. The summed E-state index contributed by atoms with van der Waals surface area (Å²) in [7, 11) is 0. The molecule has 0 aromatic heterocycles. The molecule has 84 valence electrons. The average molecular weight is 228 g/mol. The smallest absolute Gasteiger partial charge is 0.145 e. The number of hydrogen-bond acceptors (Lipinski definition) is 3. The molecule has 0 fully saturated rings. The van der Waals surface area contributed by atoms with Crippen molar-refractivity contribution >= 4 is 5.69 Å². The summed E-state index contributed by atoms with van der Waals surface area (Å²) in [6.45, 7) is 0. The summed E-state index contributed by atoms with van der Waals surface area (Å²) >= 11 is 0. The third kappa shape index (κ3) is 2.52. The van der Waals surface area contributed by atoms with Gasteiger partial charge in [0.15, 0.2) is 0 Å². The molecule has 0 aliphatic heterocycles. The van der Waals surface area contributed by atoms with E-state index in [1.165, 1.54) is 18.2 Å². The van der Waals surface area contributed by atoms with Crippen molar-refractivity contribution < 1.29 is 9.13 Å². The highest BCUT2D eigenvalue weighted by atomic mass is 19.1. The number of ether oxygens (including phenoxy) is 1. The third-order valence-corrected chi connectivity index (χ3v) is 2.13. The van der Waals surface area contributed by atoms with Crippen LogP contribution < -0.4 is 10.5 Å². The maximum absolute atomic E-state index is 13.1. The van der Waals surface area contributed by atoms with Crippen molar-refractivity contribution in [2.45, 2.75) is 0 Å². The number of rotatable bonds is 2. The molecule has 0 spiro atoms. The van der Waals surface area contributed by atoms with E-state index in [1.54, 1.807) is 24.3 Å². The van der Waals surface area contributed by atoms with Gasteiger partial charge in [0.25, 0.3) is 0 Å². The number of hydrogen-bond donors (Lipinski definition) is 1. The highest BCUT2D eigenvalue weighted by molar-refractivity contribution is 5.49. The Hall–Kier alpha value is -2.54. The number of nitriles is 1. The van der Waals surface area contributed by atoms with Gasteiger partial charge in [0, 0.05) is 17.8 Å². The SMILES string of the molecule is N#Cc1ccccc1Oc1cc(N)cc(F)c1. The van der Waals surface area contributed by atoms with Gasteiger partial charge in [0.1, 0.15) is 23.4 Å². The molecule has 0 unspecified atom stereocenters. The minimum absolute atomic E-state index is 0.269. The predicted molar refractivity (Wildman–Crippen MR) is 62.0 cm³/mol. The molecule has 0 saturated carbocycles. The summed E-state index contributed by atoms with van der Waals surface area (Å²) in [6, 6.07) is 12.6. The molecular weight excluding hydrogens is 219 g/mol. The van der Waals surface area contributed by atoms with Gasteiger partial charge in [0.05, 0.1) is 5.56 Å². The second kappa shape index (κ2) is 4.54. The standard InChI is InChI=1S/C13H9FN2O/c14-10-5-11(16)7-12(6-10)17-13-4-2-1-3-9(13)8-15/h1-7H,16H2. The maximum atomic E-state index is 13.1.